The molecule has 1 atom stereocenters. The van der Waals surface area contributed by atoms with E-state index in [4.69, 9.17) is 0 Å². The Kier molecular flexibility index (Phi) is 3.19. The van der Waals surface area contributed by atoms with Gasteiger partial charge in [0.25, 0.3) is 0 Å². The van der Waals surface area contributed by atoms with Gasteiger partial charge in [-0.15, -0.1) is 0 Å². The van der Waals surface area contributed by atoms with Crippen molar-refractivity contribution in [3.63, 3.8) is 0 Å². The second-order valence-corrected chi connectivity index (χ2v) is 5.95. The molecular weight excluding hydrogens is 304 g/mol. The molecule has 1 aromatic heterocycles. The topological polar surface area (TPSA) is 42.9 Å². The molecule has 0 aliphatic heterocycles. The maximum absolute atomic E-state index is 12.1. The van der Waals surface area contributed by atoms with Crippen LogP contribution in [0.4, 0.5) is 0 Å². The molecule has 1 aliphatic carbocycles. The third-order valence-corrected chi connectivity index (χ3v) is 3.92. The molecule has 1 aromatic carbocycles. The Morgan fingerprint density at radius 3 is 2.63 bits per heavy atom. The van der Waals surface area contributed by atoms with Gasteiger partial charge in [-0.25, -0.2) is 0 Å². The van der Waals surface area contributed by atoms with E-state index in [1.165, 1.54) is 0 Å². The highest BCUT2D eigenvalue weighted by atomic mass is 79.9. The average molecular weight is 317 g/mol. The van der Waals surface area contributed by atoms with Gasteiger partial charge in [0.15, 0.2) is 5.78 Å². The second-order valence-electron chi connectivity index (χ2n) is 5.03. The van der Waals surface area contributed by atoms with Crippen LogP contribution in [0.3, 0.4) is 0 Å². The quantitative estimate of drug-likeness (QED) is 0.806. The molecule has 19 heavy (non-hydrogen) atoms. The average Bonchev–Trinajstić information content (AvgIpc) is 2.39. The zero-order valence-electron chi connectivity index (χ0n) is 10.6. The van der Waals surface area contributed by atoms with E-state index in [9.17, 15) is 4.79 Å². The number of nitrogens with zero attached hydrogens (tertiary/aromatic N) is 2. The standard InChI is InChI=1S/C15H13BrN2O/c1-9-6-14-12(15(19)7-9)8-13(17-18-14)10-2-4-11(16)5-3-10/h2-5,8-9H,6-7H2,1H3. The molecule has 0 N–H and O–H groups in total. The molecule has 0 spiro atoms. The first-order chi connectivity index (χ1) is 9.13. The summed E-state index contributed by atoms with van der Waals surface area (Å²) in [5.74, 6) is 0.551. The van der Waals surface area contributed by atoms with Crippen molar-refractivity contribution in [3.8, 4) is 11.3 Å². The smallest absolute Gasteiger partial charge is 0.165 e. The maximum atomic E-state index is 12.1. The van der Waals surface area contributed by atoms with E-state index in [1.807, 2.05) is 30.3 Å². The molecule has 0 fully saturated rings. The molecule has 2 aromatic rings. The number of ketones is 1. The monoisotopic (exact) mass is 316 g/mol. The van der Waals surface area contributed by atoms with Crippen LogP contribution in [-0.4, -0.2) is 16.0 Å². The summed E-state index contributed by atoms with van der Waals surface area (Å²) >= 11 is 3.40. The summed E-state index contributed by atoms with van der Waals surface area (Å²) < 4.78 is 1.02. The molecule has 1 aliphatic rings. The first-order valence-corrected chi connectivity index (χ1v) is 7.08. The number of fused-ring (bicyclic) bond motifs is 1. The van der Waals surface area contributed by atoms with Gasteiger partial charge >= 0.3 is 0 Å². The summed E-state index contributed by atoms with van der Waals surface area (Å²) in [6.07, 6.45) is 1.45. The number of hydrogen-bond acceptors (Lipinski definition) is 3. The highest BCUT2D eigenvalue weighted by Crippen LogP contribution is 2.27. The fourth-order valence-corrected chi connectivity index (χ4v) is 2.66. The normalized spacial score (nSPS) is 18.2. The number of Topliss-reactive ketones (excluding diaryl/α,β-unsaturated/α-hetero) is 1. The van der Waals surface area contributed by atoms with E-state index in [0.717, 1.165) is 33.4 Å². The minimum atomic E-state index is 0.182. The molecule has 1 unspecified atom stereocenters. The highest BCUT2D eigenvalue weighted by molar-refractivity contribution is 9.10. The lowest BCUT2D eigenvalue weighted by molar-refractivity contribution is 0.0951. The lowest BCUT2D eigenvalue weighted by atomic mass is 9.87. The van der Waals surface area contributed by atoms with Crippen LogP contribution >= 0.6 is 15.9 Å². The third kappa shape index (κ3) is 2.45. The first kappa shape index (κ1) is 12.5. The highest BCUT2D eigenvalue weighted by Gasteiger charge is 2.24. The van der Waals surface area contributed by atoms with Crippen LogP contribution in [0, 0.1) is 5.92 Å². The number of hydrogen-bond donors (Lipinski definition) is 0. The Labute approximate surface area is 120 Å². The Bertz CT molecular complexity index is 637. The third-order valence-electron chi connectivity index (χ3n) is 3.39. The van der Waals surface area contributed by atoms with Crippen LogP contribution in [0.15, 0.2) is 34.8 Å². The lowest BCUT2D eigenvalue weighted by Crippen LogP contribution is -2.20. The fraction of sp³-hybridized carbons (Fsp3) is 0.267. The largest absolute Gasteiger partial charge is 0.294 e. The van der Waals surface area contributed by atoms with Crippen molar-refractivity contribution in [3.05, 3.63) is 46.1 Å². The number of carbonyl (C=O) groups excluding carboxylic acids is 1. The van der Waals surface area contributed by atoms with Crippen molar-refractivity contribution in [2.24, 2.45) is 5.92 Å². The zero-order valence-corrected chi connectivity index (χ0v) is 12.1. The van der Waals surface area contributed by atoms with Crippen molar-refractivity contribution < 1.29 is 4.79 Å². The number of aromatic nitrogens is 2. The van der Waals surface area contributed by atoms with Gasteiger partial charge < -0.3 is 0 Å². The zero-order chi connectivity index (χ0) is 13.4. The van der Waals surface area contributed by atoms with Crippen LogP contribution in [0.1, 0.15) is 29.4 Å². The summed E-state index contributed by atoms with van der Waals surface area (Å²) in [6, 6.07) is 9.73. The number of halogens is 1. The van der Waals surface area contributed by atoms with E-state index in [1.54, 1.807) is 0 Å². The summed E-state index contributed by atoms with van der Waals surface area (Å²) in [5.41, 5.74) is 3.31. The van der Waals surface area contributed by atoms with Crippen LogP contribution in [-0.2, 0) is 6.42 Å². The Morgan fingerprint density at radius 1 is 1.16 bits per heavy atom. The summed E-state index contributed by atoms with van der Waals surface area (Å²) in [6.45, 7) is 2.07. The molecule has 0 saturated carbocycles. The van der Waals surface area contributed by atoms with Gasteiger partial charge in [0.1, 0.15) is 0 Å². The molecule has 96 valence electrons. The van der Waals surface area contributed by atoms with Crippen molar-refractivity contribution in [1.29, 1.82) is 0 Å². The lowest BCUT2D eigenvalue weighted by Gasteiger charge is -2.19. The molecule has 1 heterocycles. The van der Waals surface area contributed by atoms with Gasteiger partial charge in [0.05, 0.1) is 11.4 Å². The van der Waals surface area contributed by atoms with E-state index in [-0.39, 0.29) is 5.78 Å². The molecule has 0 amide bonds. The molecule has 4 heteroatoms. The van der Waals surface area contributed by atoms with Crippen LogP contribution in [0.2, 0.25) is 0 Å². The van der Waals surface area contributed by atoms with Gasteiger partial charge in [0.2, 0.25) is 0 Å². The Morgan fingerprint density at radius 2 is 1.89 bits per heavy atom. The van der Waals surface area contributed by atoms with E-state index < -0.39 is 0 Å². The van der Waals surface area contributed by atoms with Crippen LogP contribution in [0.25, 0.3) is 11.3 Å². The first-order valence-electron chi connectivity index (χ1n) is 6.29. The summed E-state index contributed by atoms with van der Waals surface area (Å²) in [7, 11) is 0. The van der Waals surface area contributed by atoms with E-state index >= 15 is 0 Å². The van der Waals surface area contributed by atoms with E-state index in [2.05, 4.69) is 33.1 Å². The van der Waals surface area contributed by atoms with Gasteiger partial charge in [-0.3, -0.25) is 4.79 Å². The SMILES string of the molecule is CC1CC(=O)c2cc(-c3ccc(Br)cc3)nnc2C1. The minimum absolute atomic E-state index is 0.182. The van der Waals surface area contributed by atoms with Gasteiger partial charge in [-0.05, 0) is 30.5 Å². The Balaban J connectivity index is 2.04. The molecular formula is C15H13BrN2O. The van der Waals surface area contributed by atoms with Gasteiger partial charge in [0, 0.05) is 22.0 Å². The molecule has 3 rings (SSSR count). The molecule has 0 saturated heterocycles. The van der Waals surface area contributed by atoms with Crippen molar-refractivity contribution in [1.82, 2.24) is 10.2 Å². The fourth-order valence-electron chi connectivity index (χ4n) is 2.40. The van der Waals surface area contributed by atoms with Crippen molar-refractivity contribution in [2.75, 3.05) is 0 Å². The molecule has 3 nitrogen and oxygen atoms in total. The Hall–Kier alpha value is -1.55. The second kappa shape index (κ2) is 4.85. The van der Waals surface area contributed by atoms with Crippen molar-refractivity contribution in [2.45, 2.75) is 19.8 Å². The van der Waals surface area contributed by atoms with E-state index in [0.29, 0.717) is 12.3 Å². The van der Waals surface area contributed by atoms with Gasteiger partial charge in [-0.2, -0.15) is 10.2 Å². The summed E-state index contributed by atoms with van der Waals surface area (Å²) in [5, 5.41) is 8.48. The number of benzene rings is 1. The maximum Gasteiger partial charge on any atom is 0.165 e. The van der Waals surface area contributed by atoms with Crippen LogP contribution < -0.4 is 0 Å². The van der Waals surface area contributed by atoms with Crippen molar-refractivity contribution >= 4 is 21.7 Å². The molecule has 0 bridgehead atoms. The predicted molar refractivity (Wildman–Crippen MR) is 77.0 cm³/mol. The van der Waals surface area contributed by atoms with Gasteiger partial charge in [-0.1, -0.05) is 35.0 Å². The minimum Gasteiger partial charge on any atom is -0.294 e. The predicted octanol–water partition coefficient (Wildman–Crippen LogP) is 3.67. The molecule has 0 radical (unpaired) electrons. The van der Waals surface area contributed by atoms with Crippen LogP contribution in [0.5, 0.6) is 0 Å². The summed E-state index contributed by atoms with van der Waals surface area (Å²) in [4.78, 5) is 12.1. The number of rotatable bonds is 1. The number of carbonyl (C=O) groups is 1.